The van der Waals surface area contributed by atoms with Gasteiger partial charge in [0.2, 0.25) is 0 Å². The molecule has 0 aliphatic heterocycles. The molecule has 0 amide bonds. The van der Waals surface area contributed by atoms with E-state index in [2.05, 4.69) is 22.2 Å². The fraction of sp³-hybridized carbons (Fsp3) is 0.769. The van der Waals surface area contributed by atoms with E-state index >= 15 is 0 Å². The summed E-state index contributed by atoms with van der Waals surface area (Å²) in [6.07, 6.45) is 11.9. The van der Waals surface area contributed by atoms with Crippen molar-refractivity contribution < 1.29 is 0 Å². The van der Waals surface area contributed by atoms with E-state index in [0.717, 1.165) is 18.3 Å². The van der Waals surface area contributed by atoms with Crippen molar-refractivity contribution in [3.8, 4) is 0 Å². The first-order chi connectivity index (χ1) is 7.92. The van der Waals surface area contributed by atoms with Crippen molar-refractivity contribution in [3.63, 3.8) is 0 Å². The van der Waals surface area contributed by atoms with Gasteiger partial charge in [-0.2, -0.15) is 0 Å². The lowest BCUT2D eigenvalue weighted by molar-refractivity contribution is 0.265. The van der Waals surface area contributed by atoms with Crippen molar-refractivity contribution in [3.05, 3.63) is 18.2 Å². The van der Waals surface area contributed by atoms with Crippen LogP contribution in [-0.2, 0) is 0 Å². The van der Waals surface area contributed by atoms with Gasteiger partial charge in [-0.1, -0.05) is 26.2 Å². The Morgan fingerprint density at radius 3 is 2.88 bits per heavy atom. The zero-order chi connectivity index (χ0) is 11.2. The molecule has 1 heterocycles. The number of hydrogen-bond donors (Lipinski definition) is 2. The molecule has 1 saturated carbocycles. The van der Waals surface area contributed by atoms with Gasteiger partial charge >= 0.3 is 0 Å². The number of rotatable bonds is 5. The van der Waals surface area contributed by atoms with E-state index in [4.69, 9.17) is 0 Å². The Morgan fingerprint density at radius 2 is 2.25 bits per heavy atom. The summed E-state index contributed by atoms with van der Waals surface area (Å²) in [5, 5.41) is 3.65. The zero-order valence-electron chi connectivity index (χ0n) is 10.2. The Labute approximate surface area is 98.1 Å². The first-order valence-corrected chi connectivity index (χ1v) is 6.64. The third-order valence-electron chi connectivity index (χ3n) is 3.55. The van der Waals surface area contributed by atoms with E-state index in [-0.39, 0.29) is 0 Å². The summed E-state index contributed by atoms with van der Waals surface area (Å²) in [6, 6.07) is 0.440. The topological polar surface area (TPSA) is 40.7 Å². The Morgan fingerprint density at radius 1 is 1.44 bits per heavy atom. The molecule has 0 spiro atoms. The molecule has 2 N–H and O–H groups in total. The van der Waals surface area contributed by atoms with Gasteiger partial charge in [-0.25, -0.2) is 4.98 Å². The summed E-state index contributed by atoms with van der Waals surface area (Å²) < 4.78 is 0. The number of nitrogens with one attached hydrogen (secondary N) is 2. The minimum Gasteiger partial charge on any atom is -0.347 e. The number of aromatic amines is 1. The minimum absolute atomic E-state index is 0.440. The molecule has 1 atom stereocenters. The van der Waals surface area contributed by atoms with Crippen molar-refractivity contribution >= 4 is 0 Å². The monoisotopic (exact) mass is 221 g/mol. The quantitative estimate of drug-likeness (QED) is 0.802. The Balaban J connectivity index is 2.01. The van der Waals surface area contributed by atoms with Crippen LogP contribution in [0.5, 0.6) is 0 Å². The molecule has 1 aliphatic carbocycles. The van der Waals surface area contributed by atoms with Gasteiger partial charge in [0.25, 0.3) is 0 Å². The van der Waals surface area contributed by atoms with Crippen LogP contribution in [0.15, 0.2) is 12.4 Å². The van der Waals surface area contributed by atoms with Crippen LogP contribution in [0.4, 0.5) is 0 Å². The van der Waals surface area contributed by atoms with Gasteiger partial charge < -0.3 is 10.3 Å². The fourth-order valence-electron chi connectivity index (χ4n) is 2.70. The van der Waals surface area contributed by atoms with E-state index in [9.17, 15) is 0 Å². The molecule has 0 bridgehead atoms. The highest BCUT2D eigenvalue weighted by Gasteiger charge is 2.25. The van der Waals surface area contributed by atoms with Crippen LogP contribution in [0.3, 0.4) is 0 Å². The highest BCUT2D eigenvalue weighted by Crippen LogP contribution is 2.33. The molecule has 1 unspecified atom stereocenters. The van der Waals surface area contributed by atoms with Crippen LogP contribution in [0, 0.1) is 5.92 Å². The maximum atomic E-state index is 4.43. The number of hydrogen-bond acceptors (Lipinski definition) is 2. The molecule has 16 heavy (non-hydrogen) atoms. The lowest BCUT2D eigenvalue weighted by Gasteiger charge is -2.29. The summed E-state index contributed by atoms with van der Waals surface area (Å²) in [7, 11) is 0. The second-order valence-corrected chi connectivity index (χ2v) is 4.80. The largest absolute Gasteiger partial charge is 0.347 e. The summed E-state index contributed by atoms with van der Waals surface area (Å²) in [5.41, 5.74) is 0. The maximum Gasteiger partial charge on any atom is 0.123 e. The van der Waals surface area contributed by atoms with Crippen LogP contribution in [0.2, 0.25) is 0 Å². The van der Waals surface area contributed by atoms with E-state index < -0.39 is 0 Å². The molecular formula is C13H23N3. The summed E-state index contributed by atoms with van der Waals surface area (Å²) in [4.78, 5) is 7.70. The molecule has 2 rings (SSSR count). The van der Waals surface area contributed by atoms with Crippen LogP contribution in [-0.4, -0.2) is 16.5 Å². The fourth-order valence-corrected chi connectivity index (χ4v) is 2.70. The van der Waals surface area contributed by atoms with Crippen LogP contribution >= 0.6 is 0 Å². The summed E-state index contributed by atoms with van der Waals surface area (Å²) >= 11 is 0. The van der Waals surface area contributed by atoms with Crippen molar-refractivity contribution in [2.75, 3.05) is 6.54 Å². The third kappa shape index (κ3) is 2.85. The SMILES string of the molecule is CCCNC(c1ncc[nH]1)C1CCCCC1. The molecule has 1 aromatic heterocycles. The van der Waals surface area contributed by atoms with Crippen LogP contribution < -0.4 is 5.32 Å². The second kappa shape index (κ2) is 6.04. The molecule has 90 valence electrons. The average molecular weight is 221 g/mol. The molecule has 1 fully saturated rings. The number of nitrogens with zero attached hydrogens (tertiary/aromatic N) is 1. The Kier molecular flexibility index (Phi) is 4.40. The Hall–Kier alpha value is -0.830. The van der Waals surface area contributed by atoms with E-state index in [1.807, 2.05) is 12.4 Å². The predicted molar refractivity (Wildman–Crippen MR) is 66.2 cm³/mol. The van der Waals surface area contributed by atoms with Gasteiger partial charge in [0.05, 0.1) is 6.04 Å². The molecular weight excluding hydrogens is 198 g/mol. The zero-order valence-corrected chi connectivity index (χ0v) is 10.2. The summed E-state index contributed by atoms with van der Waals surface area (Å²) in [6.45, 7) is 3.30. The van der Waals surface area contributed by atoms with Gasteiger partial charge in [-0.3, -0.25) is 0 Å². The van der Waals surface area contributed by atoms with Crippen molar-refractivity contribution in [1.29, 1.82) is 0 Å². The van der Waals surface area contributed by atoms with E-state index in [1.165, 1.54) is 38.5 Å². The normalized spacial score (nSPS) is 19.8. The Bertz CT molecular complexity index is 275. The smallest absolute Gasteiger partial charge is 0.123 e. The predicted octanol–water partition coefficient (Wildman–Crippen LogP) is 3.03. The van der Waals surface area contributed by atoms with Gasteiger partial charge in [-0.15, -0.1) is 0 Å². The lowest BCUT2D eigenvalue weighted by Crippen LogP contribution is -2.31. The lowest BCUT2D eigenvalue weighted by atomic mass is 9.83. The standard InChI is InChI=1S/C13H23N3/c1-2-8-14-12(13-15-9-10-16-13)11-6-4-3-5-7-11/h9-12,14H,2-8H2,1H3,(H,15,16). The number of H-pyrrole nitrogens is 1. The molecule has 0 saturated heterocycles. The molecule has 1 aromatic rings. The summed E-state index contributed by atoms with van der Waals surface area (Å²) in [5.74, 6) is 1.90. The van der Waals surface area contributed by atoms with Gasteiger partial charge in [0.15, 0.2) is 0 Å². The molecule has 3 heteroatoms. The first-order valence-electron chi connectivity index (χ1n) is 6.64. The van der Waals surface area contributed by atoms with Gasteiger partial charge in [-0.05, 0) is 31.7 Å². The highest BCUT2D eigenvalue weighted by atomic mass is 15.0. The molecule has 3 nitrogen and oxygen atoms in total. The highest BCUT2D eigenvalue weighted by molar-refractivity contribution is 4.99. The third-order valence-corrected chi connectivity index (χ3v) is 3.55. The first kappa shape index (κ1) is 11.6. The van der Waals surface area contributed by atoms with E-state index in [1.54, 1.807) is 0 Å². The van der Waals surface area contributed by atoms with Gasteiger partial charge in [0.1, 0.15) is 5.82 Å². The number of imidazole rings is 1. The molecule has 0 aromatic carbocycles. The van der Waals surface area contributed by atoms with Crippen molar-refractivity contribution in [2.24, 2.45) is 5.92 Å². The van der Waals surface area contributed by atoms with Crippen LogP contribution in [0.1, 0.15) is 57.3 Å². The van der Waals surface area contributed by atoms with Crippen molar-refractivity contribution in [1.82, 2.24) is 15.3 Å². The van der Waals surface area contributed by atoms with Gasteiger partial charge in [0, 0.05) is 12.4 Å². The molecule has 1 aliphatic rings. The van der Waals surface area contributed by atoms with Crippen LogP contribution in [0.25, 0.3) is 0 Å². The maximum absolute atomic E-state index is 4.43. The van der Waals surface area contributed by atoms with E-state index in [0.29, 0.717) is 6.04 Å². The minimum atomic E-state index is 0.440. The molecule has 0 radical (unpaired) electrons. The average Bonchev–Trinajstić information content (AvgIpc) is 2.85. The number of aromatic nitrogens is 2. The van der Waals surface area contributed by atoms with Crippen molar-refractivity contribution in [2.45, 2.75) is 51.5 Å². The second-order valence-electron chi connectivity index (χ2n) is 4.80.